The summed E-state index contributed by atoms with van der Waals surface area (Å²) in [5.74, 6) is -0.00251. The predicted molar refractivity (Wildman–Crippen MR) is 77.8 cm³/mol. The molecule has 0 aliphatic rings. The van der Waals surface area contributed by atoms with Crippen molar-refractivity contribution < 1.29 is 9.90 Å². The van der Waals surface area contributed by atoms with Crippen LogP contribution in [0.4, 0.5) is 5.69 Å². The molecule has 1 radical (unpaired) electrons. The summed E-state index contributed by atoms with van der Waals surface area (Å²) in [7, 11) is 0. The zero-order chi connectivity index (χ0) is 13.9. The molecule has 0 aliphatic carbocycles. The quantitative estimate of drug-likeness (QED) is 0.631. The number of benzene rings is 1. The first-order valence-corrected chi connectivity index (χ1v) is 7.29. The molecular weight excluding hydrogens is 238 g/mol. The summed E-state index contributed by atoms with van der Waals surface area (Å²) in [5.41, 5.74) is 0.701. The van der Waals surface area contributed by atoms with E-state index in [2.05, 4.69) is 12.2 Å². The van der Waals surface area contributed by atoms with Gasteiger partial charge in [-0.15, -0.1) is 0 Å². The number of amides is 1. The van der Waals surface area contributed by atoms with Gasteiger partial charge in [0.25, 0.3) is 0 Å². The van der Waals surface area contributed by atoms with Crippen molar-refractivity contribution in [1.82, 2.24) is 0 Å². The van der Waals surface area contributed by atoms with Gasteiger partial charge in [0, 0.05) is 12.1 Å². The van der Waals surface area contributed by atoms with Crippen molar-refractivity contribution in [3.8, 4) is 5.75 Å². The van der Waals surface area contributed by atoms with Crippen molar-refractivity contribution in [2.45, 2.75) is 58.3 Å². The van der Waals surface area contributed by atoms with Crippen LogP contribution in [0.5, 0.6) is 5.75 Å². The number of hydrogen-bond donors (Lipinski definition) is 1. The first-order chi connectivity index (χ1) is 9.22. The number of hydrogen-bond acceptors (Lipinski definition) is 1. The molecule has 0 aromatic heterocycles. The molecule has 0 saturated carbocycles. The van der Waals surface area contributed by atoms with E-state index >= 15 is 0 Å². The first-order valence-electron chi connectivity index (χ1n) is 7.29. The Morgan fingerprint density at radius 2 is 1.53 bits per heavy atom. The monoisotopic (exact) mass is 262 g/mol. The molecule has 3 nitrogen and oxygen atoms in total. The highest BCUT2D eigenvalue weighted by atomic mass is 16.3. The third-order valence-corrected chi connectivity index (χ3v) is 3.15. The zero-order valence-electron chi connectivity index (χ0n) is 11.8. The van der Waals surface area contributed by atoms with Gasteiger partial charge in [-0.25, -0.2) is 0 Å². The molecule has 105 valence electrons. The summed E-state index contributed by atoms with van der Waals surface area (Å²) in [6.07, 6.45) is 9.02. The second-order valence-electron chi connectivity index (χ2n) is 4.94. The van der Waals surface area contributed by atoms with Crippen LogP contribution >= 0.6 is 0 Å². The van der Waals surface area contributed by atoms with Gasteiger partial charge in [-0.1, -0.05) is 45.4 Å². The van der Waals surface area contributed by atoms with Crippen molar-refractivity contribution in [1.29, 1.82) is 0 Å². The normalized spacial score (nSPS) is 10.4. The Balaban J connectivity index is 2.06. The van der Waals surface area contributed by atoms with Gasteiger partial charge in [0.15, 0.2) is 5.75 Å². The summed E-state index contributed by atoms with van der Waals surface area (Å²) in [5, 5.41) is 13.7. The molecule has 1 aromatic rings. The molecule has 1 N–H and O–H groups in total. The molecule has 0 aliphatic heterocycles. The predicted octanol–water partition coefficient (Wildman–Crippen LogP) is 4.91. The van der Waals surface area contributed by atoms with Gasteiger partial charge in [0.05, 0.1) is 0 Å². The van der Waals surface area contributed by atoms with E-state index in [9.17, 15) is 9.90 Å². The summed E-state index contributed by atoms with van der Waals surface area (Å²) < 4.78 is 0. The first kappa shape index (κ1) is 15.5. The molecule has 0 saturated heterocycles. The van der Waals surface area contributed by atoms with Crippen molar-refractivity contribution in [3.63, 3.8) is 0 Å². The van der Waals surface area contributed by atoms with Crippen LogP contribution in [0, 0.1) is 0 Å². The lowest BCUT2D eigenvalue weighted by molar-refractivity contribution is -0.116. The third-order valence-electron chi connectivity index (χ3n) is 3.15. The lowest BCUT2D eigenvalue weighted by Crippen LogP contribution is -2.10. The molecule has 0 bridgehead atoms. The van der Waals surface area contributed by atoms with Crippen LogP contribution in [0.1, 0.15) is 58.3 Å². The lowest BCUT2D eigenvalue weighted by atomic mass is 10.1. The van der Waals surface area contributed by atoms with E-state index in [-0.39, 0.29) is 11.7 Å². The highest BCUT2D eigenvalue weighted by Gasteiger charge is 2.02. The highest BCUT2D eigenvalue weighted by molar-refractivity contribution is 5.90. The number of carbonyl (C=O) groups is 1. The van der Waals surface area contributed by atoms with Crippen molar-refractivity contribution in [3.05, 3.63) is 24.3 Å². The molecule has 1 rings (SSSR count). The van der Waals surface area contributed by atoms with E-state index in [1.807, 2.05) is 0 Å². The van der Waals surface area contributed by atoms with Gasteiger partial charge in [-0.2, -0.15) is 0 Å². The SMILES string of the molecule is CCCCCCCCCC(=O)Nc1ccc([O])cc1. The van der Waals surface area contributed by atoms with E-state index in [1.54, 1.807) is 12.1 Å². The van der Waals surface area contributed by atoms with Gasteiger partial charge >= 0.3 is 0 Å². The summed E-state index contributed by atoms with van der Waals surface area (Å²) in [6.45, 7) is 2.21. The Morgan fingerprint density at radius 1 is 0.947 bits per heavy atom. The van der Waals surface area contributed by atoms with E-state index in [4.69, 9.17) is 0 Å². The molecule has 0 spiro atoms. The zero-order valence-corrected chi connectivity index (χ0v) is 11.8. The van der Waals surface area contributed by atoms with Crippen molar-refractivity contribution in [2.75, 3.05) is 5.32 Å². The van der Waals surface area contributed by atoms with Crippen molar-refractivity contribution in [2.24, 2.45) is 0 Å². The lowest BCUT2D eigenvalue weighted by Gasteiger charge is -2.05. The minimum atomic E-state index is -0.0370. The maximum atomic E-state index is 11.6. The third kappa shape index (κ3) is 7.50. The number of nitrogens with one attached hydrogen (secondary N) is 1. The largest absolute Gasteiger partial charge is 0.326 e. The highest BCUT2D eigenvalue weighted by Crippen LogP contribution is 2.15. The second-order valence-corrected chi connectivity index (χ2v) is 4.94. The Morgan fingerprint density at radius 3 is 2.16 bits per heavy atom. The average molecular weight is 262 g/mol. The molecule has 0 fully saturated rings. The van der Waals surface area contributed by atoms with E-state index in [0.29, 0.717) is 12.1 Å². The van der Waals surface area contributed by atoms with E-state index < -0.39 is 0 Å². The Bertz CT molecular complexity index is 360. The van der Waals surface area contributed by atoms with Crippen LogP contribution in [0.25, 0.3) is 0 Å². The number of unbranched alkanes of at least 4 members (excludes halogenated alkanes) is 6. The second kappa shape index (κ2) is 9.42. The number of rotatable bonds is 9. The molecule has 1 aromatic carbocycles. The topological polar surface area (TPSA) is 49.0 Å². The van der Waals surface area contributed by atoms with Crippen LogP contribution in [-0.2, 0) is 9.90 Å². The van der Waals surface area contributed by atoms with Crippen LogP contribution in [0.2, 0.25) is 0 Å². The molecule has 0 unspecified atom stereocenters. The van der Waals surface area contributed by atoms with Gasteiger partial charge < -0.3 is 5.32 Å². The molecule has 1 amide bonds. The Labute approximate surface area is 116 Å². The van der Waals surface area contributed by atoms with Crippen LogP contribution < -0.4 is 5.32 Å². The van der Waals surface area contributed by atoms with Crippen LogP contribution in [0.15, 0.2) is 24.3 Å². The minimum Gasteiger partial charge on any atom is -0.326 e. The molecule has 19 heavy (non-hydrogen) atoms. The van der Waals surface area contributed by atoms with Gasteiger partial charge in [-0.05, 0) is 30.7 Å². The van der Waals surface area contributed by atoms with Gasteiger partial charge in [-0.3, -0.25) is 9.90 Å². The van der Waals surface area contributed by atoms with Gasteiger partial charge in [0.1, 0.15) is 0 Å². The summed E-state index contributed by atoms with van der Waals surface area (Å²) >= 11 is 0. The molecule has 0 heterocycles. The summed E-state index contributed by atoms with van der Waals surface area (Å²) in [6, 6.07) is 6.21. The van der Waals surface area contributed by atoms with E-state index in [0.717, 1.165) is 12.8 Å². The average Bonchev–Trinajstić information content (AvgIpc) is 2.40. The standard InChI is InChI=1S/C16H24NO2/c1-2-3-4-5-6-7-8-9-16(19)17-14-10-12-15(18)13-11-14/h10-13H,2-9H2,1H3,(H,17,19). The number of carbonyl (C=O) groups excluding carboxylic acids is 1. The van der Waals surface area contributed by atoms with Crippen molar-refractivity contribution >= 4 is 11.6 Å². The maximum Gasteiger partial charge on any atom is 0.224 e. The molecule has 3 heteroatoms. The number of anilines is 1. The van der Waals surface area contributed by atoms with Gasteiger partial charge in [0.2, 0.25) is 5.91 Å². The maximum absolute atomic E-state index is 11.6. The fourth-order valence-corrected chi connectivity index (χ4v) is 2.00. The smallest absolute Gasteiger partial charge is 0.224 e. The Kier molecular flexibility index (Phi) is 7.71. The Hall–Kier alpha value is -1.51. The van der Waals surface area contributed by atoms with Crippen LogP contribution in [-0.4, -0.2) is 5.91 Å². The fourth-order valence-electron chi connectivity index (χ4n) is 2.00. The molecule has 0 atom stereocenters. The minimum absolute atomic E-state index is 0.0345. The molecular formula is C16H24NO2. The fraction of sp³-hybridized carbons (Fsp3) is 0.562. The van der Waals surface area contributed by atoms with E-state index in [1.165, 1.54) is 44.2 Å². The van der Waals surface area contributed by atoms with Crippen LogP contribution in [0.3, 0.4) is 0 Å². The summed E-state index contributed by atoms with van der Waals surface area (Å²) in [4.78, 5) is 11.6.